The molecule has 1 heterocycles. The molecule has 0 spiro atoms. The first kappa shape index (κ1) is 13.4. The van der Waals surface area contributed by atoms with Gasteiger partial charge >= 0.3 is 0 Å². The van der Waals surface area contributed by atoms with E-state index in [2.05, 4.69) is 29.6 Å². The van der Waals surface area contributed by atoms with Crippen molar-refractivity contribution in [2.45, 2.75) is 39.2 Å². The first-order valence-corrected chi connectivity index (χ1v) is 5.94. The summed E-state index contributed by atoms with van der Waals surface area (Å²) in [5.41, 5.74) is 3.54. The lowest BCUT2D eigenvalue weighted by Gasteiger charge is -2.17. The summed E-state index contributed by atoms with van der Waals surface area (Å²) in [6.45, 7) is 4.17. The Balaban J connectivity index is 2.75. The van der Waals surface area contributed by atoms with Gasteiger partial charge in [0, 0.05) is 12.2 Å². The summed E-state index contributed by atoms with van der Waals surface area (Å²) < 4.78 is 0. The summed E-state index contributed by atoms with van der Waals surface area (Å²) in [7, 11) is 0. The number of nitrogen functional groups attached to an aromatic ring is 1. The average molecular weight is 236 g/mol. The summed E-state index contributed by atoms with van der Waals surface area (Å²) in [4.78, 5) is 15.9. The lowest BCUT2D eigenvalue weighted by Crippen LogP contribution is -2.34. The zero-order valence-electron chi connectivity index (χ0n) is 10.4. The van der Waals surface area contributed by atoms with Gasteiger partial charge in [-0.2, -0.15) is 0 Å². The highest BCUT2D eigenvalue weighted by molar-refractivity contribution is 5.99. The lowest BCUT2D eigenvalue weighted by molar-refractivity contribution is 0.0934. The van der Waals surface area contributed by atoms with Gasteiger partial charge in [0.2, 0.25) is 0 Å². The number of hydrogen-bond acceptors (Lipinski definition) is 4. The van der Waals surface area contributed by atoms with Crippen molar-refractivity contribution in [2.24, 2.45) is 5.84 Å². The Labute approximate surface area is 102 Å². The molecule has 1 unspecified atom stereocenters. The highest BCUT2D eigenvalue weighted by atomic mass is 16.1. The number of amides is 1. The van der Waals surface area contributed by atoms with Gasteiger partial charge in [-0.1, -0.05) is 20.3 Å². The van der Waals surface area contributed by atoms with Gasteiger partial charge in [-0.05, 0) is 18.9 Å². The Morgan fingerprint density at radius 3 is 2.88 bits per heavy atom. The average Bonchev–Trinajstić information content (AvgIpc) is 2.38. The Bertz CT molecular complexity index is 367. The van der Waals surface area contributed by atoms with E-state index in [4.69, 9.17) is 5.84 Å². The molecule has 4 N–H and O–H groups in total. The van der Waals surface area contributed by atoms with Gasteiger partial charge in [-0.25, -0.2) is 0 Å². The van der Waals surface area contributed by atoms with Gasteiger partial charge in [0.25, 0.3) is 5.91 Å². The number of aromatic nitrogens is 1. The van der Waals surface area contributed by atoms with Crippen molar-refractivity contribution in [3.63, 3.8) is 0 Å². The maximum atomic E-state index is 12.0. The SMILES string of the molecule is CCCC(CC)NC(=O)c1ccncc1NN. The smallest absolute Gasteiger partial charge is 0.253 e. The molecule has 0 aliphatic heterocycles. The number of rotatable bonds is 6. The number of nitrogens with two attached hydrogens (primary N) is 1. The van der Waals surface area contributed by atoms with E-state index in [1.807, 2.05) is 0 Å². The van der Waals surface area contributed by atoms with E-state index in [-0.39, 0.29) is 11.9 Å². The Morgan fingerprint density at radius 1 is 1.53 bits per heavy atom. The fraction of sp³-hybridized carbons (Fsp3) is 0.500. The molecule has 1 aromatic heterocycles. The Hall–Kier alpha value is -1.62. The van der Waals surface area contributed by atoms with Crippen molar-refractivity contribution >= 4 is 11.6 Å². The number of hydrazine groups is 1. The number of hydrogen-bond donors (Lipinski definition) is 3. The molecular formula is C12H20N4O. The number of carbonyl (C=O) groups excluding carboxylic acids is 1. The molecule has 0 aliphatic carbocycles. The third kappa shape index (κ3) is 3.71. The van der Waals surface area contributed by atoms with Crippen LogP contribution in [0.1, 0.15) is 43.5 Å². The fourth-order valence-electron chi connectivity index (χ4n) is 1.70. The maximum Gasteiger partial charge on any atom is 0.253 e. The summed E-state index contributed by atoms with van der Waals surface area (Å²) in [6.07, 6.45) is 6.08. The van der Waals surface area contributed by atoms with E-state index in [1.165, 1.54) is 6.20 Å². The number of anilines is 1. The molecule has 0 radical (unpaired) electrons. The Morgan fingerprint density at radius 2 is 2.29 bits per heavy atom. The van der Waals surface area contributed by atoms with E-state index in [1.54, 1.807) is 12.3 Å². The molecular weight excluding hydrogens is 216 g/mol. The largest absolute Gasteiger partial charge is 0.349 e. The molecule has 94 valence electrons. The molecule has 1 atom stereocenters. The topological polar surface area (TPSA) is 80.0 Å². The molecule has 0 saturated carbocycles. The van der Waals surface area contributed by atoms with Crippen LogP contribution in [0.4, 0.5) is 5.69 Å². The van der Waals surface area contributed by atoms with Crippen molar-refractivity contribution in [1.82, 2.24) is 10.3 Å². The van der Waals surface area contributed by atoms with Crippen LogP contribution in [0.25, 0.3) is 0 Å². The van der Waals surface area contributed by atoms with Crippen LogP contribution in [-0.2, 0) is 0 Å². The molecule has 1 aromatic rings. The number of nitrogens with one attached hydrogen (secondary N) is 2. The third-order valence-corrected chi connectivity index (χ3v) is 2.69. The van der Waals surface area contributed by atoms with Crippen molar-refractivity contribution < 1.29 is 4.79 Å². The van der Waals surface area contributed by atoms with Crippen LogP contribution in [0.15, 0.2) is 18.5 Å². The first-order chi connectivity index (χ1) is 8.22. The molecule has 1 rings (SSSR count). The number of carbonyl (C=O) groups is 1. The minimum absolute atomic E-state index is 0.111. The molecule has 17 heavy (non-hydrogen) atoms. The second-order valence-electron chi connectivity index (χ2n) is 3.93. The van der Waals surface area contributed by atoms with Crippen LogP contribution < -0.4 is 16.6 Å². The second kappa shape index (κ2) is 6.85. The zero-order chi connectivity index (χ0) is 12.7. The second-order valence-corrected chi connectivity index (χ2v) is 3.93. The molecule has 5 heteroatoms. The lowest BCUT2D eigenvalue weighted by atomic mass is 10.1. The molecule has 0 saturated heterocycles. The van der Waals surface area contributed by atoms with E-state index >= 15 is 0 Å². The van der Waals surface area contributed by atoms with Gasteiger partial charge in [-0.3, -0.25) is 15.6 Å². The minimum Gasteiger partial charge on any atom is -0.349 e. The van der Waals surface area contributed by atoms with E-state index in [0.717, 1.165) is 19.3 Å². The van der Waals surface area contributed by atoms with Gasteiger partial charge < -0.3 is 10.7 Å². The summed E-state index contributed by atoms with van der Waals surface area (Å²) >= 11 is 0. The quantitative estimate of drug-likeness (QED) is 0.518. The Kier molecular flexibility index (Phi) is 5.42. The van der Waals surface area contributed by atoms with Crippen LogP contribution in [0, 0.1) is 0 Å². The minimum atomic E-state index is -0.111. The van der Waals surface area contributed by atoms with Crippen molar-refractivity contribution in [2.75, 3.05) is 5.43 Å². The van der Waals surface area contributed by atoms with Crippen molar-refractivity contribution in [1.29, 1.82) is 0 Å². The predicted molar refractivity (Wildman–Crippen MR) is 68.5 cm³/mol. The van der Waals surface area contributed by atoms with Crippen LogP contribution in [0.3, 0.4) is 0 Å². The monoisotopic (exact) mass is 236 g/mol. The van der Waals surface area contributed by atoms with Crippen LogP contribution in [-0.4, -0.2) is 16.9 Å². The predicted octanol–water partition coefficient (Wildman–Crippen LogP) is 1.68. The van der Waals surface area contributed by atoms with Crippen LogP contribution in [0.5, 0.6) is 0 Å². The van der Waals surface area contributed by atoms with E-state index in [0.29, 0.717) is 11.3 Å². The first-order valence-electron chi connectivity index (χ1n) is 5.94. The van der Waals surface area contributed by atoms with Crippen LogP contribution >= 0.6 is 0 Å². The maximum absolute atomic E-state index is 12.0. The summed E-state index contributed by atoms with van der Waals surface area (Å²) in [5.74, 6) is 5.23. The summed E-state index contributed by atoms with van der Waals surface area (Å²) in [6, 6.07) is 1.87. The van der Waals surface area contributed by atoms with Gasteiger partial charge in [0.15, 0.2) is 0 Å². The molecule has 0 bridgehead atoms. The van der Waals surface area contributed by atoms with Gasteiger partial charge in [0.05, 0.1) is 17.4 Å². The summed E-state index contributed by atoms with van der Waals surface area (Å²) in [5, 5.41) is 3.00. The van der Waals surface area contributed by atoms with Crippen molar-refractivity contribution in [3.05, 3.63) is 24.0 Å². The van der Waals surface area contributed by atoms with E-state index in [9.17, 15) is 4.79 Å². The van der Waals surface area contributed by atoms with Crippen molar-refractivity contribution in [3.8, 4) is 0 Å². The number of nitrogens with zero attached hydrogens (tertiary/aromatic N) is 1. The highest BCUT2D eigenvalue weighted by Gasteiger charge is 2.14. The molecule has 1 amide bonds. The highest BCUT2D eigenvalue weighted by Crippen LogP contribution is 2.12. The number of pyridine rings is 1. The molecule has 5 nitrogen and oxygen atoms in total. The van der Waals surface area contributed by atoms with Crippen LogP contribution in [0.2, 0.25) is 0 Å². The molecule has 0 fully saturated rings. The van der Waals surface area contributed by atoms with Gasteiger partial charge in [0.1, 0.15) is 0 Å². The normalized spacial score (nSPS) is 11.9. The zero-order valence-corrected chi connectivity index (χ0v) is 10.4. The standard InChI is InChI=1S/C12H20N4O/c1-3-5-9(4-2)15-12(17)10-6-7-14-8-11(10)16-13/h6-9,16H,3-5,13H2,1-2H3,(H,15,17). The third-order valence-electron chi connectivity index (χ3n) is 2.69. The molecule has 0 aliphatic rings. The molecule has 0 aromatic carbocycles. The van der Waals surface area contributed by atoms with Gasteiger partial charge in [-0.15, -0.1) is 0 Å². The fourth-order valence-corrected chi connectivity index (χ4v) is 1.70. The van der Waals surface area contributed by atoms with E-state index < -0.39 is 0 Å².